The molecule has 0 aliphatic heterocycles. The number of nitrogens with zero attached hydrogens (tertiary/aromatic N) is 1. The van der Waals surface area contributed by atoms with Gasteiger partial charge < -0.3 is 5.32 Å². The van der Waals surface area contributed by atoms with Crippen LogP contribution in [0.15, 0.2) is 53.7 Å². The largest absolute Gasteiger partial charge is 0.348 e. The summed E-state index contributed by atoms with van der Waals surface area (Å²) < 4.78 is 0. The van der Waals surface area contributed by atoms with E-state index in [0.29, 0.717) is 12.1 Å². The van der Waals surface area contributed by atoms with Gasteiger partial charge in [0.2, 0.25) is 0 Å². The van der Waals surface area contributed by atoms with Crippen LogP contribution in [0.2, 0.25) is 0 Å². The minimum Gasteiger partial charge on any atom is -0.348 e. The zero-order chi connectivity index (χ0) is 12.8. The third-order valence-corrected chi connectivity index (χ3v) is 3.30. The van der Waals surface area contributed by atoms with Crippen molar-refractivity contribution < 1.29 is 4.79 Å². The number of rotatable bonds is 4. The van der Waals surface area contributed by atoms with E-state index in [-0.39, 0.29) is 5.91 Å². The summed E-state index contributed by atoms with van der Waals surface area (Å²) in [6.07, 6.45) is 5.27. The SMILES string of the molecule is CSc1ccc(CNC(=O)c2ccncc2)cc1. The maximum absolute atomic E-state index is 11.8. The maximum atomic E-state index is 11.8. The molecule has 92 valence electrons. The second-order valence-electron chi connectivity index (χ2n) is 3.77. The number of thioether (sulfide) groups is 1. The molecule has 1 N–H and O–H groups in total. The highest BCUT2D eigenvalue weighted by Crippen LogP contribution is 2.14. The zero-order valence-corrected chi connectivity index (χ0v) is 10.9. The monoisotopic (exact) mass is 258 g/mol. The number of benzene rings is 1. The Hall–Kier alpha value is -1.81. The predicted octanol–water partition coefficient (Wildman–Crippen LogP) is 2.73. The summed E-state index contributed by atoms with van der Waals surface area (Å²) in [6, 6.07) is 11.6. The van der Waals surface area contributed by atoms with E-state index in [1.54, 1.807) is 36.3 Å². The summed E-state index contributed by atoms with van der Waals surface area (Å²) in [5, 5.41) is 2.88. The molecule has 2 aromatic rings. The maximum Gasteiger partial charge on any atom is 0.251 e. The summed E-state index contributed by atoms with van der Waals surface area (Å²) >= 11 is 1.70. The van der Waals surface area contributed by atoms with E-state index in [0.717, 1.165) is 5.56 Å². The van der Waals surface area contributed by atoms with Crippen molar-refractivity contribution in [3.05, 3.63) is 59.9 Å². The van der Waals surface area contributed by atoms with Crippen molar-refractivity contribution in [3.8, 4) is 0 Å². The van der Waals surface area contributed by atoms with Crippen LogP contribution in [0.4, 0.5) is 0 Å². The highest BCUT2D eigenvalue weighted by molar-refractivity contribution is 7.98. The molecular weight excluding hydrogens is 244 g/mol. The fraction of sp³-hybridized carbons (Fsp3) is 0.143. The van der Waals surface area contributed by atoms with Gasteiger partial charge in [0.25, 0.3) is 5.91 Å². The van der Waals surface area contributed by atoms with Crippen LogP contribution in [-0.4, -0.2) is 17.1 Å². The number of carbonyl (C=O) groups excluding carboxylic acids is 1. The van der Waals surface area contributed by atoms with Crippen LogP contribution in [0.1, 0.15) is 15.9 Å². The lowest BCUT2D eigenvalue weighted by atomic mass is 10.2. The molecule has 3 nitrogen and oxygen atoms in total. The van der Waals surface area contributed by atoms with Crippen molar-refractivity contribution in [1.82, 2.24) is 10.3 Å². The molecular formula is C14H14N2OS. The number of nitrogens with one attached hydrogen (secondary N) is 1. The molecule has 1 amide bonds. The van der Waals surface area contributed by atoms with Gasteiger partial charge in [0, 0.05) is 29.4 Å². The van der Waals surface area contributed by atoms with Crippen molar-refractivity contribution in [3.63, 3.8) is 0 Å². The van der Waals surface area contributed by atoms with Crippen LogP contribution < -0.4 is 5.32 Å². The van der Waals surface area contributed by atoms with E-state index < -0.39 is 0 Å². The van der Waals surface area contributed by atoms with Gasteiger partial charge in [0.05, 0.1) is 0 Å². The first kappa shape index (κ1) is 12.6. The predicted molar refractivity (Wildman–Crippen MR) is 73.6 cm³/mol. The summed E-state index contributed by atoms with van der Waals surface area (Å²) in [4.78, 5) is 16.9. The van der Waals surface area contributed by atoms with Crippen molar-refractivity contribution in [2.24, 2.45) is 0 Å². The van der Waals surface area contributed by atoms with Gasteiger partial charge in [-0.3, -0.25) is 9.78 Å². The van der Waals surface area contributed by atoms with Crippen molar-refractivity contribution in [2.45, 2.75) is 11.4 Å². The molecule has 0 saturated carbocycles. The summed E-state index contributed by atoms with van der Waals surface area (Å²) in [7, 11) is 0. The van der Waals surface area contributed by atoms with E-state index in [4.69, 9.17) is 0 Å². The second kappa shape index (κ2) is 6.21. The van der Waals surface area contributed by atoms with Gasteiger partial charge in [0.15, 0.2) is 0 Å². The molecule has 0 fully saturated rings. The van der Waals surface area contributed by atoms with Crippen LogP contribution in [0.3, 0.4) is 0 Å². The molecule has 0 saturated heterocycles. The van der Waals surface area contributed by atoms with Crippen LogP contribution in [0, 0.1) is 0 Å². The Balaban J connectivity index is 1.93. The van der Waals surface area contributed by atoms with Crippen molar-refractivity contribution >= 4 is 17.7 Å². The normalized spacial score (nSPS) is 10.1. The van der Waals surface area contributed by atoms with Gasteiger partial charge in [0.1, 0.15) is 0 Å². The first-order valence-corrected chi connectivity index (χ1v) is 6.83. The second-order valence-corrected chi connectivity index (χ2v) is 4.65. The van der Waals surface area contributed by atoms with Gasteiger partial charge in [-0.05, 0) is 36.1 Å². The highest BCUT2D eigenvalue weighted by atomic mass is 32.2. The standard InChI is InChI=1S/C14H14N2OS/c1-18-13-4-2-11(3-5-13)10-16-14(17)12-6-8-15-9-7-12/h2-9H,10H2,1H3,(H,16,17). The van der Waals surface area contributed by atoms with Gasteiger partial charge in [-0.15, -0.1) is 11.8 Å². The van der Waals surface area contributed by atoms with Gasteiger partial charge in [-0.1, -0.05) is 12.1 Å². The molecule has 0 atom stereocenters. The van der Waals surface area contributed by atoms with Gasteiger partial charge in [-0.2, -0.15) is 0 Å². The Morgan fingerprint density at radius 1 is 1.17 bits per heavy atom. The summed E-state index contributed by atoms with van der Waals surface area (Å²) in [5.74, 6) is -0.0775. The molecule has 0 unspecified atom stereocenters. The van der Waals surface area contributed by atoms with Crippen LogP contribution >= 0.6 is 11.8 Å². The van der Waals surface area contributed by atoms with E-state index in [1.807, 2.05) is 18.4 Å². The lowest BCUT2D eigenvalue weighted by Gasteiger charge is -2.05. The summed E-state index contributed by atoms with van der Waals surface area (Å²) in [5.41, 5.74) is 1.72. The Bertz CT molecular complexity index is 511. The van der Waals surface area contributed by atoms with Crippen LogP contribution in [-0.2, 0) is 6.54 Å². The molecule has 0 aliphatic carbocycles. The lowest BCUT2D eigenvalue weighted by molar-refractivity contribution is 0.0951. The molecule has 0 aliphatic rings. The Morgan fingerprint density at radius 2 is 1.83 bits per heavy atom. The molecule has 18 heavy (non-hydrogen) atoms. The molecule has 1 heterocycles. The van der Waals surface area contributed by atoms with E-state index in [9.17, 15) is 4.79 Å². The van der Waals surface area contributed by atoms with Gasteiger partial charge >= 0.3 is 0 Å². The molecule has 1 aromatic carbocycles. The summed E-state index contributed by atoms with van der Waals surface area (Å²) in [6.45, 7) is 0.538. The van der Waals surface area contributed by atoms with Crippen molar-refractivity contribution in [2.75, 3.05) is 6.26 Å². The Labute approximate surface area is 111 Å². The molecule has 2 rings (SSSR count). The average Bonchev–Trinajstić information content (AvgIpc) is 2.46. The number of aromatic nitrogens is 1. The topological polar surface area (TPSA) is 42.0 Å². The zero-order valence-electron chi connectivity index (χ0n) is 10.1. The quantitative estimate of drug-likeness (QED) is 0.857. The fourth-order valence-electron chi connectivity index (χ4n) is 1.53. The highest BCUT2D eigenvalue weighted by Gasteiger charge is 2.03. The minimum atomic E-state index is -0.0775. The average molecular weight is 258 g/mol. The van der Waals surface area contributed by atoms with Gasteiger partial charge in [-0.25, -0.2) is 0 Å². The van der Waals surface area contributed by atoms with Crippen LogP contribution in [0.5, 0.6) is 0 Å². The fourth-order valence-corrected chi connectivity index (χ4v) is 1.94. The molecule has 0 radical (unpaired) electrons. The first-order valence-electron chi connectivity index (χ1n) is 5.61. The Morgan fingerprint density at radius 3 is 2.44 bits per heavy atom. The molecule has 0 bridgehead atoms. The van der Waals surface area contributed by atoms with E-state index >= 15 is 0 Å². The smallest absolute Gasteiger partial charge is 0.251 e. The van der Waals surface area contributed by atoms with Crippen molar-refractivity contribution in [1.29, 1.82) is 0 Å². The number of amides is 1. The first-order chi connectivity index (χ1) is 8.79. The molecule has 0 spiro atoms. The van der Waals surface area contributed by atoms with E-state index in [1.165, 1.54) is 4.90 Å². The van der Waals surface area contributed by atoms with E-state index in [2.05, 4.69) is 22.4 Å². The molecule has 1 aromatic heterocycles. The Kier molecular flexibility index (Phi) is 4.36. The number of hydrogen-bond acceptors (Lipinski definition) is 3. The third kappa shape index (κ3) is 3.34. The van der Waals surface area contributed by atoms with Crippen LogP contribution in [0.25, 0.3) is 0 Å². The number of carbonyl (C=O) groups is 1. The third-order valence-electron chi connectivity index (χ3n) is 2.55. The number of pyridine rings is 1. The lowest BCUT2D eigenvalue weighted by Crippen LogP contribution is -2.22. The minimum absolute atomic E-state index is 0.0775. The molecule has 4 heteroatoms. The number of hydrogen-bond donors (Lipinski definition) is 1.